The van der Waals surface area contributed by atoms with E-state index in [4.69, 9.17) is 13.8 Å². The molecule has 0 saturated heterocycles. The summed E-state index contributed by atoms with van der Waals surface area (Å²) in [5, 5.41) is 9.04. The molecule has 6 heteroatoms. The second-order valence-electron chi connectivity index (χ2n) is 19.9. The standard InChI is InChI=1S/C71H44N4O2/c1-3-17-50(18-4-1)73-62-27-11-7-21-53(62)59-42-45(33-37-64(59)73)47-39-48(46-34-38-65-60(43-46)54-22-8-12-28-63(54)74(65)51-19-5-2-6-20-51)41-49(40-47)61-36-35-52(44-72-61)75(66-29-15-25-57-55-23-9-13-31-68(55)76-70(57)66)67-30-16-26-58-56-24-10-14-32-69(56)77-71(58)67/h1-44H. The second-order valence-corrected chi connectivity index (χ2v) is 19.9. The Kier molecular flexibility index (Phi) is 9.53. The summed E-state index contributed by atoms with van der Waals surface area (Å²) >= 11 is 0. The number of pyridine rings is 1. The zero-order chi connectivity index (χ0) is 50.6. The van der Waals surface area contributed by atoms with Gasteiger partial charge in [-0.05, 0) is 138 Å². The number of fused-ring (bicyclic) bond motifs is 12. The van der Waals surface area contributed by atoms with E-state index in [2.05, 4.69) is 251 Å². The molecule has 0 bridgehead atoms. The summed E-state index contributed by atoms with van der Waals surface area (Å²) in [6.45, 7) is 0. The van der Waals surface area contributed by atoms with Crippen molar-refractivity contribution >= 4 is 105 Å². The molecule has 0 fully saturated rings. The van der Waals surface area contributed by atoms with Gasteiger partial charge in [0.05, 0.1) is 51.0 Å². The molecule has 0 atom stereocenters. The van der Waals surface area contributed by atoms with Crippen LogP contribution in [0.25, 0.3) is 132 Å². The number of nitrogens with zero attached hydrogens (tertiary/aromatic N) is 4. The fourth-order valence-electron chi connectivity index (χ4n) is 12.0. The van der Waals surface area contributed by atoms with Gasteiger partial charge in [-0.25, -0.2) is 0 Å². The van der Waals surface area contributed by atoms with E-state index in [1.54, 1.807) is 0 Å². The van der Waals surface area contributed by atoms with Crippen molar-refractivity contribution in [3.63, 3.8) is 0 Å². The average Bonchev–Trinajstić information content (AvgIpc) is 4.33. The highest BCUT2D eigenvalue weighted by atomic mass is 16.3. The normalized spacial score (nSPS) is 11.9. The molecule has 77 heavy (non-hydrogen) atoms. The molecule has 5 heterocycles. The summed E-state index contributed by atoms with van der Waals surface area (Å²) in [7, 11) is 0. The summed E-state index contributed by atoms with van der Waals surface area (Å²) in [5.41, 5.74) is 19.1. The SMILES string of the molecule is c1ccc(-n2c3ccccc3c3cc(-c4cc(-c5ccc6c(c5)c5ccccc5n6-c5ccccc5)cc(-c5ccc(N(c6cccc7c6oc6ccccc67)c6cccc7c6oc6ccccc67)cn5)c4)ccc32)cc1. The van der Waals surface area contributed by atoms with Gasteiger partial charge in [0.25, 0.3) is 0 Å². The van der Waals surface area contributed by atoms with Crippen LogP contribution in [0, 0.1) is 0 Å². The largest absolute Gasteiger partial charge is 0.454 e. The number of anilines is 3. The lowest BCUT2D eigenvalue weighted by molar-refractivity contribution is 0.666. The molecule has 360 valence electrons. The van der Waals surface area contributed by atoms with Gasteiger partial charge in [-0.3, -0.25) is 4.98 Å². The van der Waals surface area contributed by atoms with Crippen molar-refractivity contribution in [1.29, 1.82) is 0 Å². The molecule has 5 aromatic heterocycles. The Morgan fingerprint density at radius 1 is 0.299 bits per heavy atom. The Balaban J connectivity index is 0.889. The number of aromatic nitrogens is 3. The molecular weight excluding hydrogens is 941 g/mol. The number of hydrogen-bond acceptors (Lipinski definition) is 4. The van der Waals surface area contributed by atoms with Crippen molar-refractivity contribution in [2.75, 3.05) is 4.90 Å². The lowest BCUT2D eigenvalue weighted by Crippen LogP contribution is -2.11. The monoisotopic (exact) mass is 984 g/mol. The molecule has 11 aromatic carbocycles. The molecule has 6 nitrogen and oxygen atoms in total. The third-order valence-corrected chi connectivity index (χ3v) is 15.5. The van der Waals surface area contributed by atoms with E-state index in [0.717, 1.165) is 117 Å². The van der Waals surface area contributed by atoms with Crippen LogP contribution in [0.4, 0.5) is 17.1 Å². The Labute approximate surface area is 442 Å². The van der Waals surface area contributed by atoms with E-state index in [0.29, 0.717) is 0 Å². The first-order chi connectivity index (χ1) is 38.2. The molecule has 0 amide bonds. The van der Waals surface area contributed by atoms with Crippen LogP contribution >= 0.6 is 0 Å². The van der Waals surface area contributed by atoms with Crippen LogP contribution in [-0.4, -0.2) is 14.1 Å². The summed E-state index contributed by atoms with van der Waals surface area (Å²) < 4.78 is 18.2. The van der Waals surface area contributed by atoms with Gasteiger partial charge in [0.2, 0.25) is 0 Å². The van der Waals surface area contributed by atoms with Gasteiger partial charge < -0.3 is 22.9 Å². The van der Waals surface area contributed by atoms with Gasteiger partial charge in [-0.2, -0.15) is 0 Å². The first-order valence-corrected chi connectivity index (χ1v) is 26.1. The minimum atomic E-state index is 0.788. The van der Waals surface area contributed by atoms with Crippen LogP contribution in [0.2, 0.25) is 0 Å². The third-order valence-electron chi connectivity index (χ3n) is 15.5. The minimum Gasteiger partial charge on any atom is -0.454 e. The van der Waals surface area contributed by atoms with E-state index >= 15 is 0 Å². The Bertz CT molecular complexity index is 4700. The maximum Gasteiger partial charge on any atom is 0.159 e. The Morgan fingerprint density at radius 3 is 1.22 bits per heavy atom. The molecular formula is C71H44N4O2. The quantitative estimate of drug-likeness (QED) is 0.152. The molecule has 0 N–H and O–H groups in total. The van der Waals surface area contributed by atoms with Crippen molar-refractivity contribution in [2.45, 2.75) is 0 Å². The molecule has 16 rings (SSSR count). The molecule has 0 aliphatic carbocycles. The molecule has 0 spiro atoms. The van der Waals surface area contributed by atoms with Crippen molar-refractivity contribution in [1.82, 2.24) is 14.1 Å². The minimum absolute atomic E-state index is 0.788. The van der Waals surface area contributed by atoms with E-state index in [1.807, 2.05) is 30.5 Å². The van der Waals surface area contributed by atoms with Gasteiger partial charge >= 0.3 is 0 Å². The second kappa shape index (κ2) is 17.1. The molecule has 0 saturated carbocycles. The van der Waals surface area contributed by atoms with Gasteiger partial charge in [-0.15, -0.1) is 0 Å². The summed E-state index contributed by atoms with van der Waals surface area (Å²) in [6, 6.07) is 93.0. The number of hydrogen-bond donors (Lipinski definition) is 0. The maximum absolute atomic E-state index is 6.74. The van der Waals surface area contributed by atoms with Crippen molar-refractivity contribution in [3.8, 4) is 44.9 Å². The van der Waals surface area contributed by atoms with Crippen LogP contribution in [0.3, 0.4) is 0 Å². The Morgan fingerprint density at radius 2 is 0.727 bits per heavy atom. The lowest BCUT2D eigenvalue weighted by atomic mass is 9.93. The molecule has 0 radical (unpaired) electrons. The van der Waals surface area contributed by atoms with Gasteiger partial charge in [0.1, 0.15) is 11.2 Å². The van der Waals surface area contributed by atoms with Crippen molar-refractivity contribution in [2.24, 2.45) is 0 Å². The van der Waals surface area contributed by atoms with Crippen LogP contribution in [0.1, 0.15) is 0 Å². The van der Waals surface area contributed by atoms with Crippen LogP contribution in [-0.2, 0) is 0 Å². The molecule has 0 aliphatic heterocycles. The fraction of sp³-hybridized carbons (Fsp3) is 0. The highest BCUT2D eigenvalue weighted by Gasteiger charge is 2.24. The number of furan rings is 2. The van der Waals surface area contributed by atoms with Gasteiger partial charge in [0, 0.05) is 60.0 Å². The molecule has 0 aliphatic rings. The highest BCUT2D eigenvalue weighted by Crippen LogP contribution is 2.47. The van der Waals surface area contributed by atoms with Gasteiger partial charge in [-0.1, -0.05) is 146 Å². The predicted molar refractivity (Wildman–Crippen MR) is 318 cm³/mol. The lowest BCUT2D eigenvalue weighted by Gasteiger charge is -2.25. The smallest absolute Gasteiger partial charge is 0.159 e. The van der Waals surface area contributed by atoms with Crippen molar-refractivity contribution in [3.05, 3.63) is 267 Å². The zero-order valence-corrected chi connectivity index (χ0v) is 41.5. The predicted octanol–water partition coefficient (Wildman–Crippen LogP) is 19.5. The van der Waals surface area contributed by atoms with E-state index in [-0.39, 0.29) is 0 Å². The van der Waals surface area contributed by atoms with Gasteiger partial charge in [0.15, 0.2) is 11.2 Å². The Hall–Kier alpha value is -10.4. The fourth-order valence-corrected chi connectivity index (χ4v) is 12.0. The third kappa shape index (κ3) is 6.79. The van der Waals surface area contributed by atoms with Crippen LogP contribution in [0.15, 0.2) is 276 Å². The number of rotatable bonds is 8. The average molecular weight is 985 g/mol. The first-order valence-electron chi connectivity index (χ1n) is 26.1. The van der Waals surface area contributed by atoms with Crippen LogP contribution < -0.4 is 4.90 Å². The van der Waals surface area contributed by atoms with Crippen molar-refractivity contribution < 1.29 is 8.83 Å². The maximum atomic E-state index is 6.74. The van der Waals surface area contributed by atoms with E-state index in [1.165, 1.54) is 32.6 Å². The summed E-state index contributed by atoms with van der Waals surface area (Å²) in [6.07, 6.45) is 1.99. The zero-order valence-electron chi connectivity index (χ0n) is 41.5. The number of para-hydroxylation sites is 8. The first kappa shape index (κ1) is 43.0. The summed E-state index contributed by atoms with van der Waals surface area (Å²) in [5.74, 6) is 0. The highest BCUT2D eigenvalue weighted by molar-refractivity contribution is 6.15. The topological polar surface area (TPSA) is 52.3 Å². The molecule has 0 unspecified atom stereocenters. The number of benzene rings is 11. The van der Waals surface area contributed by atoms with E-state index in [9.17, 15) is 0 Å². The van der Waals surface area contributed by atoms with Crippen LogP contribution in [0.5, 0.6) is 0 Å². The summed E-state index contributed by atoms with van der Waals surface area (Å²) in [4.78, 5) is 7.61. The van der Waals surface area contributed by atoms with E-state index < -0.39 is 0 Å². The molecule has 16 aromatic rings.